The summed E-state index contributed by atoms with van der Waals surface area (Å²) in [6, 6.07) is 15.9. The van der Waals surface area contributed by atoms with Gasteiger partial charge in [-0.2, -0.15) is 0 Å². The van der Waals surface area contributed by atoms with E-state index in [-0.39, 0.29) is 11.7 Å². The molecule has 0 aliphatic carbocycles. The van der Waals surface area contributed by atoms with Gasteiger partial charge in [-0.3, -0.25) is 4.79 Å². The Hall–Kier alpha value is -2.80. The first-order valence-electron chi connectivity index (χ1n) is 8.61. The lowest BCUT2D eigenvalue weighted by Gasteiger charge is -2.13. The molecule has 0 aliphatic heterocycles. The highest BCUT2D eigenvalue weighted by Crippen LogP contribution is 2.25. The highest BCUT2D eigenvalue weighted by Gasteiger charge is 2.14. The predicted octanol–water partition coefficient (Wildman–Crippen LogP) is 3.59. The van der Waals surface area contributed by atoms with Crippen LogP contribution in [0.3, 0.4) is 0 Å². The summed E-state index contributed by atoms with van der Waals surface area (Å²) in [6.07, 6.45) is 0. The SMILES string of the molecule is Cc1ccccc1NC(=O)CSc1nnc(-c2cccc(N(C)C)c2)n1C. The fourth-order valence-electron chi connectivity index (χ4n) is 2.64. The summed E-state index contributed by atoms with van der Waals surface area (Å²) in [5.74, 6) is 0.992. The molecule has 0 saturated heterocycles. The van der Waals surface area contributed by atoms with E-state index in [4.69, 9.17) is 0 Å². The van der Waals surface area contributed by atoms with E-state index in [1.807, 2.05) is 80.0 Å². The Morgan fingerprint density at radius 2 is 1.93 bits per heavy atom. The molecule has 6 nitrogen and oxygen atoms in total. The average Bonchev–Trinajstić information content (AvgIpc) is 3.02. The highest BCUT2D eigenvalue weighted by atomic mass is 32.2. The van der Waals surface area contributed by atoms with Crippen molar-refractivity contribution in [3.05, 3.63) is 54.1 Å². The van der Waals surface area contributed by atoms with Gasteiger partial charge in [0, 0.05) is 38.1 Å². The average molecular weight is 382 g/mol. The van der Waals surface area contributed by atoms with Gasteiger partial charge in [0.1, 0.15) is 0 Å². The second-order valence-electron chi connectivity index (χ2n) is 6.46. The summed E-state index contributed by atoms with van der Waals surface area (Å²) in [4.78, 5) is 14.3. The summed E-state index contributed by atoms with van der Waals surface area (Å²) >= 11 is 1.37. The van der Waals surface area contributed by atoms with Gasteiger partial charge in [-0.05, 0) is 30.7 Å². The van der Waals surface area contributed by atoms with Crippen molar-refractivity contribution in [3.63, 3.8) is 0 Å². The zero-order valence-corrected chi connectivity index (χ0v) is 16.7. The van der Waals surface area contributed by atoms with Gasteiger partial charge in [-0.15, -0.1) is 10.2 Å². The molecule has 7 heteroatoms. The number of rotatable bonds is 6. The maximum atomic E-state index is 12.3. The molecule has 0 bridgehead atoms. The minimum atomic E-state index is -0.0616. The van der Waals surface area contributed by atoms with Crippen LogP contribution < -0.4 is 10.2 Å². The number of aryl methyl sites for hydroxylation is 1. The van der Waals surface area contributed by atoms with E-state index >= 15 is 0 Å². The Balaban J connectivity index is 1.68. The molecular weight excluding hydrogens is 358 g/mol. The standard InChI is InChI=1S/C20H23N5OS/c1-14-8-5-6-11-17(14)21-18(26)13-27-20-23-22-19(25(20)4)15-9-7-10-16(12-15)24(2)3/h5-12H,13H2,1-4H3,(H,21,26). The third-order valence-electron chi connectivity index (χ3n) is 4.21. The molecule has 0 aliphatic rings. The largest absolute Gasteiger partial charge is 0.378 e. The molecule has 0 atom stereocenters. The molecule has 0 fully saturated rings. The number of nitrogens with zero attached hydrogens (tertiary/aromatic N) is 4. The number of anilines is 2. The van der Waals surface area contributed by atoms with E-state index in [9.17, 15) is 4.79 Å². The Morgan fingerprint density at radius 1 is 1.15 bits per heavy atom. The van der Waals surface area contributed by atoms with Crippen LogP contribution in [0.2, 0.25) is 0 Å². The van der Waals surface area contributed by atoms with Gasteiger partial charge >= 0.3 is 0 Å². The van der Waals surface area contributed by atoms with Gasteiger partial charge in [0.15, 0.2) is 11.0 Å². The quantitative estimate of drug-likeness (QED) is 0.661. The summed E-state index contributed by atoms with van der Waals surface area (Å²) in [6.45, 7) is 1.97. The molecule has 0 saturated carbocycles. The van der Waals surface area contributed by atoms with Crippen molar-refractivity contribution in [2.24, 2.45) is 7.05 Å². The topological polar surface area (TPSA) is 63.1 Å². The van der Waals surface area contributed by atoms with E-state index in [1.54, 1.807) is 0 Å². The molecular formula is C20H23N5OS. The lowest BCUT2D eigenvalue weighted by atomic mass is 10.2. The van der Waals surface area contributed by atoms with Crippen LogP contribution in [0, 0.1) is 6.92 Å². The van der Waals surface area contributed by atoms with Crippen molar-refractivity contribution in [2.75, 3.05) is 30.1 Å². The van der Waals surface area contributed by atoms with Crippen molar-refractivity contribution in [3.8, 4) is 11.4 Å². The lowest BCUT2D eigenvalue weighted by Crippen LogP contribution is -2.15. The maximum Gasteiger partial charge on any atom is 0.234 e. The van der Waals surface area contributed by atoms with Crippen molar-refractivity contribution < 1.29 is 4.79 Å². The first-order valence-corrected chi connectivity index (χ1v) is 9.59. The van der Waals surface area contributed by atoms with Crippen LogP contribution in [0.5, 0.6) is 0 Å². The number of aromatic nitrogens is 3. The second kappa shape index (κ2) is 8.26. The van der Waals surface area contributed by atoms with Crippen LogP contribution in [0.25, 0.3) is 11.4 Å². The van der Waals surface area contributed by atoms with E-state index in [0.29, 0.717) is 5.16 Å². The van der Waals surface area contributed by atoms with Crippen LogP contribution >= 0.6 is 11.8 Å². The zero-order chi connectivity index (χ0) is 19.4. The van der Waals surface area contributed by atoms with Crippen LogP contribution in [-0.2, 0) is 11.8 Å². The van der Waals surface area contributed by atoms with Crippen LogP contribution in [-0.4, -0.2) is 40.5 Å². The summed E-state index contributed by atoms with van der Waals surface area (Å²) < 4.78 is 1.92. The molecule has 140 valence electrons. The van der Waals surface area contributed by atoms with E-state index in [1.165, 1.54) is 11.8 Å². The predicted molar refractivity (Wildman–Crippen MR) is 111 cm³/mol. The van der Waals surface area contributed by atoms with Crippen LogP contribution in [0.1, 0.15) is 5.56 Å². The first kappa shape index (κ1) is 19.0. The minimum Gasteiger partial charge on any atom is -0.378 e. The number of hydrogen-bond acceptors (Lipinski definition) is 5. The molecule has 0 spiro atoms. The monoisotopic (exact) mass is 381 g/mol. The molecule has 1 N–H and O–H groups in total. The molecule has 0 radical (unpaired) electrons. The molecule has 27 heavy (non-hydrogen) atoms. The number of thioether (sulfide) groups is 1. The molecule has 1 amide bonds. The number of para-hydroxylation sites is 1. The van der Waals surface area contributed by atoms with E-state index in [2.05, 4.69) is 21.6 Å². The van der Waals surface area contributed by atoms with E-state index in [0.717, 1.165) is 28.3 Å². The molecule has 3 aromatic rings. The van der Waals surface area contributed by atoms with Gasteiger partial charge in [0.25, 0.3) is 0 Å². The van der Waals surface area contributed by atoms with Gasteiger partial charge in [-0.25, -0.2) is 0 Å². The van der Waals surface area contributed by atoms with Crippen molar-refractivity contribution in [1.29, 1.82) is 0 Å². The van der Waals surface area contributed by atoms with Crippen molar-refractivity contribution in [1.82, 2.24) is 14.8 Å². The highest BCUT2D eigenvalue weighted by molar-refractivity contribution is 7.99. The lowest BCUT2D eigenvalue weighted by molar-refractivity contribution is -0.113. The van der Waals surface area contributed by atoms with Gasteiger partial charge < -0.3 is 14.8 Å². The van der Waals surface area contributed by atoms with Gasteiger partial charge in [-0.1, -0.05) is 42.1 Å². The Bertz CT molecular complexity index is 951. The number of benzene rings is 2. The third-order valence-corrected chi connectivity index (χ3v) is 5.23. The van der Waals surface area contributed by atoms with Crippen molar-refractivity contribution in [2.45, 2.75) is 12.1 Å². The van der Waals surface area contributed by atoms with Gasteiger partial charge in [0.05, 0.1) is 5.75 Å². The summed E-state index contributed by atoms with van der Waals surface area (Å²) in [5, 5.41) is 12.2. The van der Waals surface area contributed by atoms with Gasteiger partial charge in [0.2, 0.25) is 5.91 Å². The Morgan fingerprint density at radius 3 is 2.67 bits per heavy atom. The summed E-state index contributed by atoms with van der Waals surface area (Å²) in [7, 11) is 5.92. The number of carbonyl (C=O) groups is 1. The fourth-order valence-corrected chi connectivity index (χ4v) is 3.36. The Labute approximate surface area is 163 Å². The minimum absolute atomic E-state index is 0.0616. The first-order chi connectivity index (χ1) is 13.0. The molecule has 1 heterocycles. The third kappa shape index (κ3) is 4.49. The number of carbonyl (C=O) groups excluding carboxylic acids is 1. The van der Waals surface area contributed by atoms with E-state index < -0.39 is 0 Å². The molecule has 1 aromatic heterocycles. The zero-order valence-electron chi connectivity index (χ0n) is 15.9. The Kier molecular flexibility index (Phi) is 5.81. The smallest absolute Gasteiger partial charge is 0.234 e. The van der Waals surface area contributed by atoms with Crippen molar-refractivity contribution >= 4 is 29.0 Å². The number of nitrogens with one attached hydrogen (secondary N) is 1. The fraction of sp³-hybridized carbons (Fsp3) is 0.250. The normalized spacial score (nSPS) is 10.7. The summed E-state index contributed by atoms with van der Waals surface area (Å²) in [5.41, 5.74) is 3.97. The number of amides is 1. The number of hydrogen-bond donors (Lipinski definition) is 1. The molecule has 3 rings (SSSR count). The second-order valence-corrected chi connectivity index (χ2v) is 7.40. The maximum absolute atomic E-state index is 12.3. The molecule has 0 unspecified atom stereocenters. The van der Waals surface area contributed by atoms with Crippen LogP contribution in [0.15, 0.2) is 53.7 Å². The molecule has 2 aromatic carbocycles. The van der Waals surface area contributed by atoms with Crippen LogP contribution in [0.4, 0.5) is 11.4 Å².